The summed E-state index contributed by atoms with van der Waals surface area (Å²) in [5.74, 6) is -0.202. The topological polar surface area (TPSA) is 111 Å². The normalized spacial score (nSPS) is 12.7. The molecule has 0 spiro atoms. The van der Waals surface area contributed by atoms with E-state index in [0.717, 1.165) is 12.8 Å². The number of aromatic nitrogens is 2. The number of H-pyrrole nitrogens is 1. The second-order valence-corrected chi connectivity index (χ2v) is 3.53. The van der Waals surface area contributed by atoms with E-state index in [1.807, 2.05) is 0 Å². The van der Waals surface area contributed by atoms with Crippen LogP contribution in [-0.2, 0) is 0 Å². The second kappa shape index (κ2) is 5.74. The molecule has 5 N–H and O–H groups in total. The molecule has 0 saturated heterocycles. The van der Waals surface area contributed by atoms with E-state index in [9.17, 15) is 4.79 Å². The van der Waals surface area contributed by atoms with E-state index >= 15 is 0 Å². The molecule has 0 bridgehead atoms. The molecule has 0 saturated carbocycles. The maximum absolute atomic E-state index is 11.6. The fourth-order valence-electron chi connectivity index (χ4n) is 1.15. The van der Waals surface area contributed by atoms with Crippen LogP contribution >= 0.6 is 12.2 Å². The van der Waals surface area contributed by atoms with E-state index in [2.05, 4.69) is 26.9 Å². The van der Waals surface area contributed by atoms with Crippen LogP contribution in [-0.4, -0.2) is 28.5 Å². The largest absolute Gasteiger partial charge is 0.348 e. The summed E-state index contributed by atoms with van der Waals surface area (Å²) >= 11 is 4.63. The Morgan fingerprint density at radius 2 is 2.33 bits per heavy atom. The zero-order valence-electron chi connectivity index (χ0n) is 8.23. The first kappa shape index (κ1) is 12.0. The quantitative estimate of drug-likeness (QED) is 0.370. The summed E-state index contributed by atoms with van der Waals surface area (Å²) in [6.07, 6.45) is 2.27. The average Bonchev–Trinajstić information content (AvgIpc) is 2.64. The Labute approximate surface area is 92.0 Å². The van der Waals surface area contributed by atoms with Gasteiger partial charge in [-0.15, -0.1) is 0 Å². The predicted octanol–water partition coefficient (Wildman–Crippen LogP) is 0.371. The highest BCUT2D eigenvalue weighted by Gasteiger charge is 2.18. The molecule has 1 atom stereocenters. The molecule has 0 aliphatic rings. The van der Waals surface area contributed by atoms with Crippen molar-refractivity contribution < 1.29 is 9.32 Å². The summed E-state index contributed by atoms with van der Waals surface area (Å²) in [6.45, 7) is 0.604. The van der Waals surface area contributed by atoms with E-state index in [0.29, 0.717) is 13.0 Å². The number of carbonyl (C=O) groups is 1. The second-order valence-electron chi connectivity index (χ2n) is 3.19. The van der Waals surface area contributed by atoms with Crippen LogP contribution in [0.1, 0.15) is 29.9 Å². The maximum Gasteiger partial charge on any atom is 0.314 e. The number of hydrogen-bond donors (Lipinski definition) is 3. The standard InChI is InChI=1S/C8H14N4O2S/c9-4-2-1-3-5(10)6(13)7-11-8(15)14-12-7/h5H,1-4,9-10H2,(H,11,12,15). The monoisotopic (exact) mass is 230 g/mol. The van der Waals surface area contributed by atoms with Crippen molar-refractivity contribution in [2.45, 2.75) is 25.3 Å². The Hall–Kier alpha value is -1.05. The molecule has 7 heteroatoms. The number of nitrogens with zero attached hydrogens (tertiary/aromatic N) is 1. The minimum atomic E-state index is -0.577. The highest BCUT2D eigenvalue weighted by molar-refractivity contribution is 7.71. The molecule has 15 heavy (non-hydrogen) atoms. The van der Waals surface area contributed by atoms with Gasteiger partial charge < -0.3 is 16.0 Å². The fraction of sp³-hybridized carbons (Fsp3) is 0.625. The Bertz CT molecular complexity index is 373. The van der Waals surface area contributed by atoms with Crippen LogP contribution < -0.4 is 11.5 Å². The van der Waals surface area contributed by atoms with Gasteiger partial charge in [-0.3, -0.25) is 4.79 Å². The zero-order chi connectivity index (χ0) is 11.3. The van der Waals surface area contributed by atoms with Gasteiger partial charge in [0, 0.05) is 0 Å². The number of ketones is 1. The van der Waals surface area contributed by atoms with Crippen molar-refractivity contribution in [3.63, 3.8) is 0 Å². The lowest BCUT2D eigenvalue weighted by Crippen LogP contribution is -2.31. The summed E-state index contributed by atoms with van der Waals surface area (Å²) in [5, 5.41) is 2.33. The van der Waals surface area contributed by atoms with Crippen molar-refractivity contribution in [2.75, 3.05) is 6.54 Å². The number of rotatable bonds is 6. The number of Topliss-reactive ketones (excluding diaryl/α,β-unsaturated/α-hetero) is 1. The molecular weight excluding hydrogens is 216 g/mol. The van der Waals surface area contributed by atoms with Gasteiger partial charge in [-0.05, 0) is 31.6 Å². The SMILES string of the molecule is NCCCCC(N)C(=O)c1nc(=S)o[nH]1. The van der Waals surface area contributed by atoms with E-state index in [4.69, 9.17) is 11.5 Å². The molecule has 1 unspecified atom stereocenters. The number of hydrogen-bond acceptors (Lipinski definition) is 6. The first-order valence-electron chi connectivity index (χ1n) is 4.70. The Balaban J connectivity index is 2.49. The van der Waals surface area contributed by atoms with Crippen molar-refractivity contribution in [2.24, 2.45) is 11.5 Å². The highest BCUT2D eigenvalue weighted by Crippen LogP contribution is 2.03. The average molecular weight is 230 g/mol. The molecule has 0 aliphatic heterocycles. The summed E-state index contributed by atoms with van der Waals surface area (Å²) < 4.78 is 4.64. The Kier molecular flexibility index (Phi) is 4.60. The van der Waals surface area contributed by atoms with Crippen molar-refractivity contribution in [1.82, 2.24) is 10.1 Å². The Morgan fingerprint density at radius 1 is 1.60 bits per heavy atom. The number of aromatic amines is 1. The van der Waals surface area contributed by atoms with E-state index < -0.39 is 6.04 Å². The predicted molar refractivity (Wildman–Crippen MR) is 56.9 cm³/mol. The third-order valence-electron chi connectivity index (χ3n) is 1.98. The minimum Gasteiger partial charge on any atom is -0.348 e. The molecule has 1 heterocycles. The third-order valence-corrected chi connectivity index (χ3v) is 2.15. The molecule has 0 amide bonds. The molecule has 0 fully saturated rings. The highest BCUT2D eigenvalue weighted by atomic mass is 32.1. The smallest absolute Gasteiger partial charge is 0.314 e. The maximum atomic E-state index is 11.6. The van der Waals surface area contributed by atoms with Crippen LogP contribution in [0.5, 0.6) is 0 Å². The van der Waals surface area contributed by atoms with E-state index in [-0.39, 0.29) is 16.4 Å². The van der Waals surface area contributed by atoms with Crippen molar-refractivity contribution in [3.05, 3.63) is 10.7 Å². The Morgan fingerprint density at radius 3 is 2.87 bits per heavy atom. The molecule has 1 aromatic heterocycles. The van der Waals surface area contributed by atoms with Crippen LogP contribution in [0.15, 0.2) is 4.52 Å². The van der Waals surface area contributed by atoms with Crippen molar-refractivity contribution in [3.8, 4) is 0 Å². The molecule has 1 rings (SSSR count). The van der Waals surface area contributed by atoms with Crippen molar-refractivity contribution >= 4 is 18.0 Å². The molecule has 0 aromatic carbocycles. The van der Waals surface area contributed by atoms with Crippen molar-refractivity contribution in [1.29, 1.82) is 0 Å². The number of carbonyl (C=O) groups excluding carboxylic acids is 1. The first-order valence-corrected chi connectivity index (χ1v) is 5.11. The summed E-state index contributed by atoms with van der Waals surface area (Å²) in [6, 6.07) is -0.577. The summed E-state index contributed by atoms with van der Waals surface area (Å²) in [5.41, 5.74) is 11.0. The summed E-state index contributed by atoms with van der Waals surface area (Å²) in [7, 11) is 0. The van der Waals surface area contributed by atoms with E-state index in [1.165, 1.54) is 0 Å². The number of nitrogens with one attached hydrogen (secondary N) is 1. The number of nitrogens with two attached hydrogens (primary N) is 2. The lowest BCUT2D eigenvalue weighted by Gasteiger charge is -2.06. The summed E-state index contributed by atoms with van der Waals surface area (Å²) in [4.78, 5) is 15.3. The minimum absolute atomic E-state index is 0.00695. The van der Waals surface area contributed by atoms with Gasteiger partial charge in [0.2, 0.25) is 11.6 Å². The van der Waals surface area contributed by atoms with Crippen LogP contribution in [0.3, 0.4) is 0 Å². The van der Waals surface area contributed by atoms with Gasteiger partial charge in [0.15, 0.2) is 0 Å². The molecule has 84 valence electrons. The van der Waals surface area contributed by atoms with E-state index in [1.54, 1.807) is 0 Å². The van der Waals surface area contributed by atoms with Gasteiger partial charge in [0.1, 0.15) is 0 Å². The molecule has 1 aromatic rings. The molecule has 0 radical (unpaired) electrons. The lowest BCUT2D eigenvalue weighted by molar-refractivity contribution is 0.0943. The molecule has 0 aliphatic carbocycles. The van der Waals surface area contributed by atoms with Gasteiger partial charge in [0.25, 0.3) is 0 Å². The van der Waals surface area contributed by atoms with Crippen LogP contribution in [0.2, 0.25) is 0 Å². The van der Waals surface area contributed by atoms with Gasteiger partial charge >= 0.3 is 4.84 Å². The van der Waals surface area contributed by atoms with Crippen LogP contribution in [0.4, 0.5) is 0 Å². The van der Waals surface area contributed by atoms with Gasteiger partial charge in [-0.25, -0.2) is 0 Å². The lowest BCUT2D eigenvalue weighted by atomic mass is 10.1. The molecule has 6 nitrogen and oxygen atoms in total. The number of unbranched alkanes of at least 4 members (excludes halogenated alkanes) is 1. The van der Waals surface area contributed by atoms with Gasteiger partial charge in [-0.1, -0.05) is 6.42 Å². The zero-order valence-corrected chi connectivity index (χ0v) is 9.05. The van der Waals surface area contributed by atoms with Gasteiger partial charge in [-0.2, -0.15) is 10.1 Å². The van der Waals surface area contributed by atoms with Gasteiger partial charge in [0.05, 0.1) is 6.04 Å². The van der Waals surface area contributed by atoms with Crippen LogP contribution in [0, 0.1) is 4.84 Å². The third kappa shape index (κ3) is 3.54. The first-order chi connectivity index (χ1) is 7.15. The molecular formula is C8H14N4O2S. The van der Waals surface area contributed by atoms with Crippen LogP contribution in [0.25, 0.3) is 0 Å². The fourth-order valence-corrected chi connectivity index (χ4v) is 1.28.